The molecule has 0 amide bonds. The molecule has 7 rings (SSSR count). The van der Waals surface area contributed by atoms with Gasteiger partial charge in [-0.1, -0.05) is 97.1 Å². The molecule has 4 aromatic carbocycles. The average molecular weight is 507 g/mol. The normalized spacial score (nSPS) is 12.5. The molecular formula is C35H26N2S. The highest BCUT2D eigenvalue weighted by Gasteiger charge is 2.19. The predicted octanol–water partition coefficient (Wildman–Crippen LogP) is 10.2. The number of thiophene rings is 1. The van der Waals surface area contributed by atoms with Crippen LogP contribution >= 0.6 is 11.3 Å². The molecule has 3 heterocycles. The lowest BCUT2D eigenvalue weighted by molar-refractivity contribution is 1.08. The monoisotopic (exact) mass is 506 g/mol. The lowest BCUT2D eigenvalue weighted by Gasteiger charge is -2.13. The first-order chi connectivity index (χ1) is 18.8. The second-order valence-corrected chi connectivity index (χ2v) is 10.6. The largest absolute Gasteiger partial charge is 0.292 e. The van der Waals surface area contributed by atoms with Crippen molar-refractivity contribution in [3.8, 4) is 17.1 Å². The van der Waals surface area contributed by atoms with Crippen LogP contribution in [0.2, 0.25) is 0 Å². The Hall–Kier alpha value is -4.47. The van der Waals surface area contributed by atoms with Crippen LogP contribution in [0, 0.1) is 0 Å². The van der Waals surface area contributed by atoms with Crippen LogP contribution in [-0.2, 0) is 0 Å². The topological polar surface area (TPSA) is 17.8 Å². The summed E-state index contributed by atoms with van der Waals surface area (Å²) < 4.78 is 4.98. The van der Waals surface area contributed by atoms with Gasteiger partial charge in [0.15, 0.2) is 0 Å². The zero-order valence-electron chi connectivity index (χ0n) is 21.3. The molecule has 0 aliphatic rings. The van der Waals surface area contributed by atoms with Crippen LogP contribution in [0.15, 0.2) is 121 Å². The first-order valence-electron chi connectivity index (χ1n) is 13.0. The van der Waals surface area contributed by atoms with Gasteiger partial charge in [0, 0.05) is 31.8 Å². The summed E-state index contributed by atoms with van der Waals surface area (Å²) >= 11 is 1.87. The predicted molar refractivity (Wildman–Crippen MR) is 165 cm³/mol. The summed E-state index contributed by atoms with van der Waals surface area (Å²) in [5.74, 6) is 0.932. The number of benzene rings is 4. The lowest BCUT2D eigenvalue weighted by atomic mass is 10.0. The highest BCUT2D eigenvalue weighted by Crippen LogP contribution is 2.43. The van der Waals surface area contributed by atoms with Crippen molar-refractivity contribution < 1.29 is 0 Å². The minimum Gasteiger partial charge on any atom is -0.292 e. The van der Waals surface area contributed by atoms with E-state index in [2.05, 4.69) is 140 Å². The molecule has 3 heteroatoms. The number of fused-ring (bicyclic) bond motifs is 7. The fraction of sp³-hybridized carbons (Fsp3) is 0.0571. The lowest BCUT2D eigenvalue weighted by Crippen LogP contribution is -2.01. The number of hydrogen-bond donors (Lipinski definition) is 0. The Morgan fingerprint density at radius 2 is 1.47 bits per heavy atom. The van der Waals surface area contributed by atoms with E-state index in [0.29, 0.717) is 0 Å². The quantitative estimate of drug-likeness (QED) is 0.217. The van der Waals surface area contributed by atoms with E-state index in [0.717, 1.165) is 22.6 Å². The smallest absolute Gasteiger partial charge is 0.138 e. The van der Waals surface area contributed by atoms with Crippen LogP contribution in [0.3, 0.4) is 0 Å². The second-order valence-electron chi connectivity index (χ2n) is 9.50. The van der Waals surface area contributed by atoms with Gasteiger partial charge in [0.25, 0.3) is 0 Å². The summed E-state index contributed by atoms with van der Waals surface area (Å²) in [6, 6.07) is 36.9. The fourth-order valence-corrected chi connectivity index (χ4v) is 6.80. The van der Waals surface area contributed by atoms with Gasteiger partial charge in [0.1, 0.15) is 5.82 Å². The molecule has 0 unspecified atom stereocenters. The van der Waals surface area contributed by atoms with Gasteiger partial charge in [-0.05, 0) is 49.2 Å². The van der Waals surface area contributed by atoms with Crippen molar-refractivity contribution in [3.05, 3.63) is 127 Å². The van der Waals surface area contributed by atoms with Gasteiger partial charge in [0.05, 0.1) is 21.4 Å². The molecule has 0 aliphatic carbocycles. The molecule has 7 aromatic rings. The van der Waals surface area contributed by atoms with Crippen molar-refractivity contribution in [2.24, 2.45) is 0 Å². The number of nitrogens with zero attached hydrogens (tertiary/aromatic N) is 2. The van der Waals surface area contributed by atoms with Crippen molar-refractivity contribution in [2.75, 3.05) is 0 Å². The zero-order valence-corrected chi connectivity index (χ0v) is 22.2. The number of rotatable bonds is 4. The Balaban J connectivity index is 1.64. The Morgan fingerprint density at radius 3 is 2.29 bits per heavy atom. The highest BCUT2D eigenvalue weighted by atomic mass is 32.1. The van der Waals surface area contributed by atoms with Gasteiger partial charge in [0.2, 0.25) is 0 Å². The van der Waals surface area contributed by atoms with Crippen LogP contribution in [0.5, 0.6) is 0 Å². The third-order valence-electron chi connectivity index (χ3n) is 7.28. The Kier molecular flexibility index (Phi) is 5.45. The molecule has 0 atom stereocenters. The Bertz CT molecular complexity index is 2040. The first-order valence-corrected chi connectivity index (χ1v) is 13.8. The molecule has 182 valence electrons. The van der Waals surface area contributed by atoms with Crippen LogP contribution in [0.25, 0.3) is 64.6 Å². The second kappa shape index (κ2) is 9.13. The van der Waals surface area contributed by atoms with E-state index in [-0.39, 0.29) is 0 Å². The van der Waals surface area contributed by atoms with Crippen LogP contribution in [0.1, 0.15) is 19.4 Å². The van der Waals surface area contributed by atoms with Gasteiger partial charge in [-0.15, -0.1) is 11.3 Å². The molecule has 0 spiro atoms. The molecule has 2 nitrogen and oxygen atoms in total. The highest BCUT2D eigenvalue weighted by molar-refractivity contribution is 7.26. The molecule has 0 saturated heterocycles. The van der Waals surface area contributed by atoms with E-state index in [9.17, 15) is 0 Å². The molecular weight excluding hydrogens is 480 g/mol. The Labute approximate surface area is 225 Å². The average Bonchev–Trinajstić information content (AvgIpc) is 3.52. The SMILES string of the molecule is C/C=C\C(=C/C)c1cc(-c2ccccc2)nc(-n2c3ccccc3c3ccc4c5ccccc5sc4c32)c1. The van der Waals surface area contributed by atoms with Gasteiger partial charge in [-0.2, -0.15) is 0 Å². The van der Waals surface area contributed by atoms with E-state index in [1.807, 2.05) is 11.3 Å². The standard InChI is InChI=1S/C35H26N2S/c1-3-12-23(4-2)25-21-30(24-13-6-5-7-14-24)36-33(22-25)37-31-17-10-8-15-26(31)28-19-20-29-27-16-9-11-18-32(27)38-35(29)34(28)37/h3-22H,1-2H3/b12-3-,23-4+. The maximum Gasteiger partial charge on any atom is 0.138 e. The number of para-hydroxylation sites is 1. The third-order valence-corrected chi connectivity index (χ3v) is 8.47. The molecule has 3 aromatic heterocycles. The minimum atomic E-state index is 0.932. The van der Waals surface area contributed by atoms with Crippen LogP contribution in [0.4, 0.5) is 0 Å². The summed E-state index contributed by atoms with van der Waals surface area (Å²) in [6.07, 6.45) is 6.44. The van der Waals surface area contributed by atoms with Crippen molar-refractivity contribution in [1.82, 2.24) is 9.55 Å². The van der Waals surface area contributed by atoms with E-state index in [1.54, 1.807) is 0 Å². The molecule has 0 saturated carbocycles. The molecule has 38 heavy (non-hydrogen) atoms. The maximum absolute atomic E-state index is 5.30. The first kappa shape index (κ1) is 22.7. The third kappa shape index (κ3) is 3.51. The molecule has 0 fully saturated rings. The summed E-state index contributed by atoms with van der Waals surface area (Å²) in [7, 11) is 0. The summed E-state index contributed by atoms with van der Waals surface area (Å²) in [4.78, 5) is 5.30. The number of allylic oxidation sites excluding steroid dienone is 4. The molecule has 0 N–H and O–H groups in total. The van der Waals surface area contributed by atoms with E-state index >= 15 is 0 Å². The fourth-order valence-electron chi connectivity index (χ4n) is 5.56. The summed E-state index contributed by atoms with van der Waals surface area (Å²) in [6.45, 7) is 4.16. The molecule has 0 aliphatic heterocycles. The summed E-state index contributed by atoms with van der Waals surface area (Å²) in [5, 5.41) is 5.11. The van der Waals surface area contributed by atoms with Gasteiger partial charge in [-0.3, -0.25) is 4.57 Å². The van der Waals surface area contributed by atoms with E-state index in [1.165, 1.54) is 47.6 Å². The Morgan fingerprint density at radius 1 is 0.737 bits per heavy atom. The minimum absolute atomic E-state index is 0.932. The van der Waals surface area contributed by atoms with E-state index < -0.39 is 0 Å². The van der Waals surface area contributed by atoms with Crippen LogP contribution < -0.4 is 0 Å². The zero-order chi connectivity index (χ0) is 25.6. The van der Waals surface area contributed by atoms with Crippen molar-refractivity contribution in [3.63, 3.8) is 0 Å². The number of pyridine rings is 1. The van der Waals surface area contributed by atoms with Gasteiger partial charge in [-0.25, -0.2) is 4.98 Å². The van der Waals surface area contributed by atoms with Crippen LogP contribution in [-0.4, -0.2) is 9.55 Å². The molecule has 0 bridgehead atoms. The number of hydrogen-bond acceptors (Lipinski definition) is 2. The van der Waals surface area contributed by atoms with Gasteiger partial charge >= 0.3 is 0 Å². The van der Waals surface area contributed by atoms with Crippen molar-refractivity contribution in [1.29, 1.82) is 0 Å². The number of aromatic nitrogens is 2. The summed E-state index contributed by atoms with van der Waals surface area (Å²) in [5.41, 5.74) is 6.81. The van der Waals surface area contributed by atoms with Gasteiger partial charge < -0.3 is 0 Å². The van der Waals surface area contributed by atoms with E-state index in [4.69, 9.17) is 4.98 Å². The maximum atomic E-state index is 5.30. The van der Waals surface area contributed by atoms with Crippen molar-refractivity contribution >= 4 is 58.9 Å². The van der Waals surface area contributed by atoms with Crippen molar-refractivity contribution in [2.45, 2.75) is 13.8 Å². The molecule has 0 radical (unpaired) electrons.